The van der Waals surface area contributed by atoms with Gasteiger partial charge in [0, 0.05) is 21.1 Å². The fourth-order valence-electron chi connectivity index (χ4n) is 5.18. The Bertz CT molecular complexity index is 1090. The Morgan fingerprint density at radius 3 is 1.68 bits per heavy atom. The van der Waals surface area contributed by atoms with Crippen LogP contribution in [0.5, 0.6) is 0 Å². The number of nitrogens with two attached hydrogens (primary N) is 1. The number of benzene rings is 1. The van der Waals surface area contributed by atoms with Crippen LogP contribution in [0.2, 0.25) is 0 Å². The second-order valence-corrected chi connectivity index (χ2v) is 13.6. The van der Waals surface area contributed by atoms with E-state index in [0.717, 1.165) is 5.56 Å². The van der Waals surface area contributed by atoms with Crippen LogP contribution in [0.3, 0.4) is 0 Å². The van der Waals surface area contributed by atoms with Crippen molar-refractivity contribution in [1.29, 1.82) is 0 Å². The van der Waals surface area contributed by atoms with Crippen LogP contribution in [0.1, 0.15) is 81.2 Å². The number of hydrogen-bond donors (Lipinski definition) is 1. The van der Waals surface area contributed by atoms with Gasteiger partial charge in [-0.25, -0.2) is 4.79 Å². The number of hydrogen-bond acceptors (Lipinski definition) is 7. The molecule has 0 aliphatic carbocycles. The van der Waals surface area contributed by atoms with Crippen LogP contribution in [0.25, 0.3) is 0 Å². The lowest BCUT2D eigenvalue weighted by Gasteiger charge is -2.41. The number of nitrogens with zero attached hydrogens (tertiary/aromatic N) is 3. The first-order valence-corrected chi connectivity index (χ1v) is 15.7. The molecular weight excluding hydrogens is 560 g/mol. The number of rotatable bonds is 15. The first-order valence-electron chi connectivity index (χ1n) is 15.7. The molecule has 1 aromatic carbocycles. The summed E-state index contributed by atoms with van der Waals surface area (Å²) >= 11 is 0. The predicted octanol–water partition coefficient (Wildman–Crippen LogP) is 4.10. The van der Waals surface area contributed by atoms with E-state index >= 15 is 0 Å². The fourth-order valence-corrected chi connectivity index (χ4v) is 5.18. The van der Waals surface area contributed by atoms with Gasteiger partial charge in [-0.15, -0.1) is 0 Å². The Balaban J connectivity index is 3.47. The van der Waals surface area contributed by atoms with Crippen molar-refractivity contribution >= 4 is 23.7 Å². The van der Waals surface area contributed by atoms with Crippen molar-refractivity contribution in [2.45, 2.75) is 118 Å². The smallest absolute Gasteiger partial charge is 0.329 e. The Morgan fingerprint density at radius 2 is 1.23 bits per heavy atom. The number of carbonyl (C=O) groups excluding carboxylic acids is 4. The van der Waals surface area contributed by atoms with Crippen molar-refractivity contribution in [2.24, 2.45) is 23.5 Å². The highest BCUT2D eigenvalue weighted by molar-refractivity contribution is 5.94. The van der Waals surface area contributed by atoms with Crippen molar-refractivity contribution in [2.75, 3.05) is 21.1 Å². The van der Waals surface area contributed by atoms with Gasteiger partial charge in [0.1, 0.15) is 23.7 Å². The largest absolute Gasteiger partial charge is 0.458 e. The minimum atomic E-state index is -1.06. The highest BCUT2D eigenvalue weighted by Crippen LogP contribution is 2.24. The zero-order valence-electron chi connectivity index (χ0n) is 29.3. The number of carbonyl (C=O) groups is 4. The lowest BCUT2D eigenvalue weighted by atomic mass is 9.94. The lowest BCUT2D eigenvalue weighted by Crippen LogP contribution is -2.62. The van der Waals surface area contributed by atoms with Crippen LogP contribution in [-0.4, -0.2) is 95.4 Å². The van der Waals surface area contributed by atoms with Crippen molar-refractivity contribution in [3.05, 3.63) is 35.9 Å². The van der Waals surface area contributed by atoms with E-state index in [2.05, 4.69) is 0 Å². The summed E-state index contributed by atoms with van der Waals surface area (Å²) in [7, 11) is 4.68. The minimum Gasteiger partial charge on any atom is -0.458 e. The van der Waals surface area contributed by atoms with Crippen LogP contribution < -0.4 is 5.73 Å². The Labute approximate surface area is 265 Å². The summed E-state index contributed by atoms with van der Waals surface area (Å²) in [6.45, 7) is 18.6. The van der Waals surface area contributed by atoms with E-state index < -0.39 is 59.6 Å². The fraction of sp³-hybridized carbons (Fsp3) is 0.706. The van der Waals surface area contributed by atoms with Gasteiger partial charge < -0.3 is 29.9 Å². The van der Waals surface area contributed by atoms with Crippen LogP contribution in [0, 0.1) is 17.8 Å². The molecule has 44 heavy (non-hydrogen) atoms. The third kappa shape index (κ3) is 10.6. The third-order valence-corrected chi connectivity index (χ3v) is 8.07. The minimum absolute atomic E-state index is 0.150. The molecular formula is C34H58N4O6. The Kier molecular flexibility index (Phi) is 15.0. The van der Waals surface area contributed by atoms with Gasteiger partial charge in [-0.1, -0.05) is 78.3 Å². The van der Waals surface area contributed by atoms with Crippen molar-refractivity contribution < 1.29 is 28.7 Å². The molecule has 6 atom stereocenters. The molecule has 0 saturated heterocycles. The summed E-state index contributed by atoms with van der Waals surface area (Å²) < 4.78 is 11.8. The zero-order chi connectivity index (χ0) is 34.1. The van der Waals surface area contributed by atoms with E-state index in [0.29, 0.717) is 6.42 Å². The summed E-state index contributed by atoms with van der Waals surface area (Å²) in [5, 5.41) is 0. The summed E-state index contributed by atoms with van der Waals surface area (Å²) in [6, 6.07) is 5.90. The SMILES string of the molecule is CC[C@H](C)[C@@H](C(=O)OC(C)(C)C)N(C)C(=O)[C@H](C(C)C)N(C)C(=O)[C@H]([C@@H](C)OCc1ccccc1)N(C)C(=O)[C@@H](N)C(C)C. The summed E-state index contributed by atoms with van der Waals surface area (Å²) in [5.41, 5.74) is 6.41. The molecule has 0 aliphatic heterocycles. The van der Waals surface area contributed by atoms with Crippen molar-refractivity contribution in [3.8, 4) is 0 Å². The molecule has 0 saturated carbocycles. The predicted molar refractivity (Wildman–Crippen MR) is 173 cm³/mol. The van der Waals surface area contributed by atoms with E-state index in [1.54, 1.807) is 48.8 Å². The molecule has 0 heterocycles. The summed E-state index contributed by atoms with van der Waals surface area (Å²) in [5.74, 6) is -2.39. The molecule has 0 fully saturated rings. The molecule has 250 valence electrons. The molecule has 10 heteroatoms. The molecule has 0 spiro atoms. The second kappa shape index (κ2) is 16.9. The van der Waals surface area contributed by atoms with Crippen LogP contribution in [-0.2, 0) is 35.3 Å². The zero-order valence-corrected chi connectivity index (χ0v) is 29.3. The number of esters is 1. The van der Waals surface area contributed by atoms with E-state index in [4.69, 9.17) is 15.2 Å². The van der Waals surface area contributed by atoms with Crippen LogP contribution >= 0.6 is 0 Å². The molecule has 10 nitrogen and oxygen atoms in total. The quantitative estimate of drug-likeness (QED) is 0.294. The van der Waals surface area contributed by atoms with Gasteiger partial charge >= 0.3 is 5.97 Å². The van der Waals surface area contributed by atoms with Crippen molar-refractivity contribution in [3.63, 3.8) is 0 Å². The van der Waals surface area contributed by atoms with E-state index in [1.807, 2.05) is 71.9 Å². The normalized spacial score (nSPS) is 16.0. The molecule has 1 aromatic rings. The van der Waals surface area contributed by atoms with Crippen molar-refractivity contribution in [1.82, 2.24) is 14.7 Å². The average molecular weight is 619 g/mol. The van der Waals surface area contributed by atoms with Crippen LogP contribution in [0.15, 0.2) is 30.3 Å². The Hall–Kier alpha value is -2.98. The van der Waals surface area contributed by atoms with Gasteiger partial charge in [-0.05, 0) is 51.0 Å². The molecule has 0 unspecified atom stereocenters. The van der Waals surface area contributed by atoms with E-state index in [9.17, 15) is 19.2 Å². The van der Waals surface area contributed by atoms with Gasteiger partial charge in [0.05, 0.1) is 18.8 Å². The maximum atomic E-state index is 14.3. The Morgan fingerprint density at radius 1 is 0.750 bits per heavy atom. The molecule has 1 rings (SSSR count). The van der Waals surface area contributed by atoms with E-state index in [-0.39, 0.29) is 24.4 Å². The summed E-state index contributed by atoms with van der Waals surface area (Å²) in [4.78, 5) is 59.3. The van der Waals surface area contributed by atoms with Gasteiger partial charge in [-0.2, -0.15) is 0 Å². The molecule has 0 aliphatic rings. The number of ether oxygens (including phenoxy) is 2. The maximum absolute atomic E-state index is 14.3. The van der Waals surface area contributed by atoms with Gasteiger partial charge in [0.25, 0.3) is 0 Å². The topological polar surface area (TPSA) is 122 Å². The number of likely N-dealkylation sites (N-methyl/N-ethyl adjacent to an activating group) is 3. The average Bonchev–Trinajstić information content (AvgIpc) is 2.94. The molecule has 0 radical (unpaired) electrons. The monoisotopic (exact) mass is 618 g/mol. The number of amides is 3. The standard InChI is InChI=1S/C34H58N4O6/c1-14-23(6)28(33(42)44-34(8,9)10)37(12)31(40)27(22(4)5)36(11)32(41)29(38(13)30(39)26(35)21(2)3)24(7)43-20-25-18-16-15-17-19-25/h15-19,21-24,26-29H,14,20,35H2,1-13H3/t23-,24+,26-,27-,28-,29-/m0/s1. The van der Waals surface area contributed by atoms with E-state index in [1.165, 1.54) is 14.7 Å². The summed E-state index contributed by atoms with van der Waals surface area (Å²) in [6.07, 6.45) is -0.0852. The first-order chi connectivity index (χ1) is 20.3. The van der Waals surface area contributed by atoms with Gasteiger partial charge in [-0.3, -0.25) is 14.4 Å². The second-order valence-electron chi connectivity index (χ2n) is 13.6. The molecule has 2 N–H and O–H groups in total. The van der Waals surface area contributed by atoms with Gasteiger partial charge in [0.15, 0.2) is 0 Å². The highest BCUT2D eigenvalue weighted by Gasteiger charge is 2.43. The maximum Gasteiger partial charge on any atom is 0.329 e. The third-order valence-electron chi connectivity index (χ3n) is 8.07. The molecule has 0 aromatic heterocycles. The van der Waals surface area contributed by atoms with Crippen LogP contribution in [0.4, 0.5) is 0 Å². The lowest BCUT2D eigenvalue weighted by molar-refractivity contribution is -0.168. The highest BCUT2D eigenvalue weighted by atomic mass is 16.6. The molecule has 3 amide bonds. The molecule has 0 bridgehead atoms. The first kappa shape index (κ1) is 39.0. The van der Waals surface area contributed by atoms with Gasteiger partial charge in [0.2, 0.25) is 17.7 Å².